The van der Waals surface area contributed by atoms with Crippen LogP contribution in [0.2, 0.25) is 6.32 Å². The molecule has 0 bridgehead atoms. The van der Waals surface area contributed by atoms with E-state index in [1.54, 1.807) is 25.7 Å². The van der Waals surface area contributed by atoms with Crippen molar-refractivity contribution in [3.8, 4) is 0 Å². The molecule has 0 radical (unpaired) electrons. The molecule has 3 aliphatic carbocycles. The van der Waals surface area contributed by atoms with Crippen molar-refractivity contribution in [3.05, 3.63) is 0 Å². The van der Waals surface area contributed by atoms with Crippen molar-refractivity contribution in [1.82, 2.24) is 0 Å². The van der Waals surface area contributed by atoms with Gasteiger partial charge in [-0.3, -0.25) is 0 Å². The molecule has 3 fully saturated rings. The van der Waals surface area contributed by atoms with E-state index in [1.807, 2.05) is 0 Å². The van der Waals surface area contributed by atoms with E-state index in [2.05, 4.69) is 21.7 Å². The van der Waals surface area contributed by atoms with Gasteiger partial charge in [-0.2, -0.15) is 0 Å². The minimum atomic E-state index is 0.656. The van der Waals surface area contributed by atoms with E-state index in [0.717, 1.165) is 29.6 Å². The summed E-state index contributed by atoms with van der Waals surface area (Å²) in [5, 5.41) is 0. The maximum absolute atomic E-state index is 2.61. The maximum atomic E-state index is 2.61. The lowest BCUT2D eigenvalue weighted by Gasteiger charge is -2.39. The highest BCUT2D eigenvalue weighted by atomic mass is 14.6. The van der Waals surface area contributed by atoms with E-state index in [9.17, 15) is 0 Å². The summed E-state index contributed by atoms with van der Waals surface area (Å²) < 4.78 is 0. The third-order valence-electron chi connectivity index (χ3n) is 6.87. The molecule has 17 heavy (non-hydrogen) atoms. The van der Waals surface area contributed by atoms with Crippen LogP contribution >= 0.6 is 0 Å². The van der Waals surface area contributed by atoms with Gasteiger partial charge in [0, 0.05) is 0 Å². The summed E-state index contributed by atoms with van der Waals surface area (Å²) in [6.07, 6.45) is 12.2. The zero-order valence-corrected chi connectivity index (χ0v) is 12.0. The summed E-state index contributed by atoms with van der Waals surface area (Å²) in [5.41, 5.74) is 0.656. The Kier molecular flexibility index (Phi) is 3.08. The fourth-order valence-corrected chi connectivity index (χ4v) is 5.89. The van der Waals surface area contributed by atoms with Crippen LogP contribution in [0.4, 0.5) is 0 Å². The molecule has 3 rings (SSSR count). The summed E-state index contributed by atoms with van der Waals surface area (Å²) in [6, 6.07) is 0. The first kappa shape index (κ1) is 12.1. The van der Waals surface area contributed by atoms with Crippen LogP contribution in [0.1, 0.15) is 58.8 Å². The van der Waals surface area contributed by atoms with Gasteiger partial charge in [-0.05, 0) is 60.7 Å². The SMILES string of the molecule is BC[C@@H]1CCC2C3CCCCC3C(C)(C)C2C1. The summed E-state index contributed by atoms with van der Waals surface area (Å²) >= 11 is 0. The van der Waals surface area contributed by atoms with Crippen molar-refractivity contribution >= 4 is 7.85 Å². The largest absolute Gasteiger partial charge is 0.101 e. The predicted molar refractivity (Wildman–Crippen MR) is 76.9 cm³/mol. The highest BCUT2D eigenvalue weighted by molar-refractivity contribution is 6.08. The Balaban J connectivity index is 1.84. The van der Waals surface area contributed by atoms with Crippen LogP contribution in [-0.4, -0.2) is 7.85 Å². The molecule has 3 saturated carbocycles. The first-order valence-corrected chi connectivity index (χ1v) is 8.14. The molecule has 0 aromatic heterocycles. The van der Waals surface area contributed by atoms with Crippen LogP contribution in [0.15, 0.2) is 0 Å². The lowest BCUT2D eigenvalue weighted by Crippen LogP contribution is -2.31. The third kappa shape index (κ3) is 1.80. The van der Waals surface area contributed by atoms with Crippen molar-refractivity contribution in [2.45, 2.75) is 65.1 Å². The van der Waals surface area contributed by atoms with E-state index in [0.29, 0.717) is 5.41 Å². The van der Waals surface area contributed by atoms with Crippen LogP contribution in [0.25, 0.3) is 0 Å². The molecule has 5 atom stereocenters. The van der Waals surface area contributed by atoms with Gasteiger partial charge in [-0.15, -0.1) is 0 Å². The number of hydrogen-bond acceptors (Lipinski definition) is 0. The fourth-order valence-electron chi connectivity index (χ4n) is 5.89. The second-order valence-corrected chi connectivity index (χ2v) is 7.73. The average Bonchev–Trinajstić information content (AvgIpc) is 2.59. The van der Waals surface area contributed by atoms with Gasteiger partial charge in [0.15, 0.2) is 0 Å². The third-order valence-corrected chi connectivity index (χ3v) is 6.87. The van der Waals surface area contributed by atoms with Crippen molar-refractivity contribution in [2.75, 3.05) is 0 Å². The Morgan fingerprint density at radius 2 is 1.65 bits per heavy atom. The minimum absolute atomic E-state index is 0.656. The first-order valence-electron chi connectivity index (χ1n) is 8.14. The summed E-state index contributed by atoms with van der Waals surface area (Å²) in [7, 11) is 2.40. The number of hydrogen-bond donors (Lipinski definition) is 0. The smallest absolute Gasteiger partial charge is 0.0783 e. The van der Waals surface area contributed by atoms with Crippen LogP contribution < -0.4 is 0 Å². The monoisotopic (exact) mass is 232 g/mol. The Bertz CT molecular complexity index is 283. The maximum Gasteiger partial charge on any atom is 0.101 e. The lowest BCUT2D eigenvalue weighted by molar-refractivity contribution is 0.106. The lowest BCUT2D eigenvalue weighted by atomic mass is 9.64. The zero-order valence-electron chi connectivity index (χ0n) is 12.0. The topological polar surface area (TPSA) is 0 Å². The predicted octanol–water partition coefficient (Wildman–Crippen LogP) is 3.92. The van der Waals surface area contributed by atoms with Crippen molar-refractivity contribution in [1.29, 1.82) is 0 Å². The molecule has 0 amide bonds. The van der Waals surface area contributed by atoms with E-state index in [-0.39, 0.29) is 0 Å². The number of fused-ring (bicyclic) bond motifs is 3. The van der Waals surface area contributed by atoms with Crippen LogP contribution in [0.3, 0.4) is 0 Å². The molecule has 0 nitrogen and oxygen atoms in total. The van der Waals surface area contributed by atoms with Gasteiger partial charge < -0.3 is 0 Å². The van der Waals surface area contributed by atoms with Gasteiger partial charge in [-0.25, -0.2) is 0 Å². The second kappa shape index (κ2) is 4.32. The quantitative estimate of drug-likeness (QED) is 0.601. The molecule has 4 unspecified atom stereocenters. The Morgan fingerprint density at radius 3 is 2.41 bits per heavy atom. The molecule has 0 spiro atoms. The molecule has 96 valence electrons. The number of rotatable bonds is 1. The normalized spacial score (nSPS) is 48.5. The molecule has 0 aliphatic heterocycles. The highest BCUT2D eigenvalue weighted by Gasteiger charge is 2.55. The van der Waals surface area contributed by atoms with E-state index in [4.69, 9.17) is 0 Å². The first-order chi connectivity index (χ1) is 8.14. The van der Waals surface area contributed by atoms with Gasteiger partial charge in [0.1, 0.15) is 7.85 Å². The minimum Gasteiger partial charge on any atom is -0.0783 e. The van der Waals surface area contributed by atoms with Crippen molar-refractivity contribution in [2.24, 2.45) is 35.0 Å². The Morgan fingerprint density at radius 1 is 0.941 bits per heavy atom. The molecule has 1 heteroatoms. The van der Waals surface area contributed by atoms with Gasteiger partial charge >= 0.3 is 0 Å². The van der Waals surface area contributed by atoms with E-state index in [1.165, 1.54) is 25.6 Å². The van der Waals surface area contributed by atoms with Crippen molar-refractivity contribution in [3.63, 3.8) is 0 Å². The Labute approximate surface area is 108 Å². The summed E-state index contributed by atoms with van der Waals surface area (Å²) in [5.74, 6) is 5.41. The molecule has 0 heterocycles. The Hall–Kier alpha value is 0.0649. The van der Waals surface area contributed by atoms with E-state index < -0.39 is 0 Å². The molecular formula is C16H29B. The summed E-state index contributed by atoms with van der Waals surface area (Å²) in [4.78, 5) is 0. The van der Waals surface area contributed by atoms with Gasteiger partial charge in [0.25, 0.3) is 0 Å². The van der Waals surface area contributed by atoms with Gasteiger partial charge in [0.05, 0.1) is 0 Å². The van der Waals surface area contributed by atoms with Crippen LogP contribution in [-0.2, 0) is 0 Å². The van der Waals surface area contributed by atoms with E-state index >= 15 is 0 Å². The van der Waals surface area contributed by atoms with Gasteiger partial charge in [0.2, 0.25) is 0 Å². The average molecular weight is 232 g/mol. The summed E-state index contributed by atoms with van der Waals surface area (Å²) in [6.45, 7) is 5.22. The molecular weight excluding hydrogens is 203 g/mol. The zero-order chi connectivity index (χ0) is 12.0. The fraction of sp³-hybridized carbons (Fsp3) is 1.00. The molecule has 0 aromatic carbocycles. The second-order valence-electron chi connectivity index (χ2n) is 7.73. The molecule has 0 aromatic rings. The van der Waals surface area contributed by atoms with Gasteiger partial charge in [-0.1, -0.05) is 39.4 Å². The standard InChI is InChI=1S/C16H29B/c1-16(2)14-6-4-3-5-12(14)13-8-7-11(10-17)9-15(13)16/h11-15H,3-10,17H2,1-2H3/t11-,12?,13?,14?,15?/m1/s1. The van der Waals surface area contributed by atoms with Crippen LogP contribution in [0, 0.1) is 35.0 Å². The van der Waals surface area contributed by atoms with Crippen molar-refractivity contribution < 1.29 is 0 Å². The molecule has 0 saturated heterocycles. The van der Waals surface area contributed by atoms with Crippen LogP contribution in [0.5, 0.6) is 0 Å². The molecule has 3 aliphatic rings. The highest BCUT2D eigenvalue weighted by Crippen LogP contribution is 2.63. The molecule has 0 N–H and O–H groups in total.